The van der Waals surface area contributed by atoms with Crippen LogP contribution in [0.3, 0.4) is 0 Å². The molecule has 6 heteroatoms. The highest BCUT2D eigenvalue weighted by atomic mass is 19.1. The van der Waals surface area contributed by atoms with E-state index < -0.39 is 0 Å². The van der Waals surface area contributed by atoms with E-state index in [4.69, 9.17) is 10.5 Å². The molecule has 0 aliphatic heterocycles. The van der Waals surface area contributed by atoms with E-state index in [-0.39, 0.29) is 18.5 Å². The molecule has 0 radical (unpaired) electrons. The summed E-state index contributed by atoms with van der Waals surface area (Å²) in [5.74, 6) is 0.0872. The van der Waals surface area contributed by atoms with Crippen LogP contribution in [-0.2, 0) is 13.7 Å². The highest BCUT2D eigenvalue weighted by molar-refractivity contribution is 5.30. The number of nitrogens with two attached hydrogens (primary N) is 1. The van der Waals surface area contributed by atoms with Crippen LogP contribution >= 0.6 is 0 Å². The van der Waals surface area contributed by atoms with Crippen molar-refractivity contribution in [1.82, 2.24) is 15.0 Å². The van der Waals surface area contributed by atoms with Crippen LogP contribution in [0.15, 0.2) is 24.4 Å². The van der Waals surface area contributed by atoms with E-state index in [2.05, 4.69) is 10.3 Å². The Bertz CT molecular complexity index is 539. The summed E-state index contributed by atoms with van der Waals surface area (Å²) in [5.41, 5.74) is 6.79. The summed E-state index contributed by atoms with van der Waals surface area (Å²) in [6.07, 6.45) is 1.74. The minimum atomic E-state index is -0.360. The Morgan fingerprint density at radius 2 is 2.28 bits per heavy atom. The maximum absolute atomic E-state index is 13.6. The topological polar surface area (TPSA) is 66.0 Å². The third kappa shape index (κ3) is 2.84. The van der Waals surface area contributed by atoms with Crippen LogP contribution in [0, 0.1) is 5.82 Å². The van der Waals surface area contributed by atoms with Gasteiger partial charge >= 0.3 is 0 Å². The molecule has 0 saturated heterocycles. The molecule has 0 spiro atoms. The van der Waals surface area contributed by atoms with E-state index in [0.29, 0.717) is 17.0 Å². The molecule has 1 atom stereocenters. The first-order chi connectivity index (χ1) is 8.56. The lowest BCUT2D eigenvalue weighted by Gasteiger charge is -2.09. The Balaban J connectivity index is 2.04. The molecule has 0 saturated carbocycles. The van der Waals surface area contributed by atoms with E-state index in [9.17, 15) is 4.39 Å². The van der Waals surface area contributed by atoms with Gasteiger partial charge in [0.25, 0.3) is 0 Å². The van der Waals surface area contributed by atoms with Gasteiger partial charge < -0.3 is 10.5 Å². The van der Waals surface area contributed by atoms with E-state index >= 15 is 0 Å². The van der Waals surface area contributed by atoms with Gasteiger partial charge in [0.05, 0.1) is 6.20 Å². The summed E-state index contributed by atoms with van der Waals surface area (Å²) in [6, 6.07) is 4.32. The normalized spacial score (nSPS) is 12.4. The quantitative estimate of drug-likeness (QED) is 0.894. The van der Waals surface area contributed by atoms with Gasteiger partial charge in [-0.15, -0.1) is 5.10 Å². The zero-order valence-corrected chi connectivity index (χ0v) is 10.3. The summed E-state index contributed by atoms with van der Waals surface area (Å²) < 4.78 is 20.6. The summed E-state index contributed by atoms with van der Waals surface area (Å²) in [6.45, 7) is 1.99. The fourth-order valence-corrected chi connectivity index (χ4v) is 1.59. The number of ether oxygens (including phenoxy) is 1. The zero-order valence-electron chi connectivity index (χ0n) is 10.3. The predicted octanol–water partition coefficient (Wildman–Crippen LogP) is 1.55. The van der Waals surface area contributed by atoms with Crippen LogP contribution < -0.4 is 10.5 Å². The Hall–Kier alpha value is -1.95. The monoisotopic (exact) mass is 250 g/mol. The Labute approximate surface area is 104 Å². The van der Waals surface area contributed by atoms with Crippen LogP contribution in [0.4, 0.5) is 4.39 Å². The average molecular weight is 250 g/mol. The Morgan fingerprint density at radius 3 is 2.83 bits per heavy atom. The van der Waals surface area contributed by atoms with Crippen LogP contribution in [0.25, 0.3) is 0 Å². The van der Waals surface area contributed by atoms with Gasteiger partial charge in [0.15, 0.2) is 0 Å². The molecule has 18 heavy (non-hydrogen) atoms. The van der Waals surface area contributed by atoms with Gasteiger partial charge in [-0.3, -0.25) is 4.68 Å². The molecule has 0 aliphatic carbocycles. The van der Waals surface area contributed by atoms with Crippen LogP contribution in [0.2, 0.25) is 0 Å². The maximum atomic E-state index is 13.6. The molecule has 0 bridgehead atoms. The van der Waals surface area contributed by atoms with E-state index in [1.165, 1.54) is 6.07 Å². The molecule has 2 N–H and O–H groups in total. The lowest BCUT2D eigenvalue weighted by atomic mass is 10.1. The van der Waals surface area contributed by atoms with Crippen molar-refractivity contribution in [3.63, 3.8) is 0 Å². The SMILES string of the molecule is C[C@H](N)c1ccc(OCc2cn(C)nn2)cc1F. The van der Waals surface area contributed by atoms with Gasteiger partial charge in [0.2, 0.25) is 0 Å². The van der Waals surface area contributed by atoms with Crippen molar-refractivity contribution in [3.05, 3.63) is 41.5 Å². The maximum Gasteiger partial charge on any atom is 0.134 e. The fourth-order valence-electron chi connectivity index (χ4n) is 1.59. The first kappa shape index (κ1) is 12.5. The molecule has 2 aromatic rings. The average Bonchev–Trinajstić information content (AvgIpc) is 2.72. The summed E-state index contributed by atoms with van der Waals surface area (Å²) in [5, 5.41) is 7.65. The van der Waals surface area contributed by atoms with E-state index in [0.717, 1.165) is 0 Å². The van der Waals surface area contributed by atoms with Gasteiger partial charge in [-0.05, 0) is 13.0 Å². The number of benzene rings is 1. The number of halogens is 1. The zero-order chi connectivity index (χ0) is 13.1. The third-order valence-corrected chi connectivity index (χ3v) is 2.50. The Kier molecular flexibility index (Phi) is 3.57. The van der Waals surface area contributed by atoms with Crippen LogP contribution in [-0.4, -0.2) is 15.0 Å². The molecule has 96 valence electrons. The molecule has 2 rings (SSSR count). The van der Waals surface area contributed by atoms with Crippen molar-refractivity contribution in [2.75, 3.05) is 0 Å². The molecular formula is C12H15FN4O. The van der Waals surface area contributed by atoms with E-state index in [1.807, 2.05) is 0 Å². The predicted molar refractivity (Wildman–Crippen MR) is 64.3 cm³/mol. The molecule has 1 aromatic heterocycles. The highest BCUT2D eigenvalue weighted by Crippen LogP contribution is 2.21. The number of rotatable bonds is 4. The lowest BCUT2D eigenvalue weighted by Crippen LogP contribution is -2.07. The number of hydrogen-bond donors (Lipinski definition) is 1. The summed E-state index contributed by atoms with van der Waals surface area (Å²) in [7, 11) is 1.77. The summed E-state index contributed by atoms with van der Waals surface area (Å²) in [4.78, 5) is 0. The number of aryl methyl sites for hydroxylation is 1. The van der Waals surface area contributed by atoms with Crippen molar-refractivity contribution in [1.29, 1.82) is 0 Å². The van der Waals surface area contributed by atoms with Gasteiger partial charge in [-0.1, -0.05) is 11.3 Å². The smallest absolute Gasteiger partial charge is 0.134 e. The van der Waals surface area contributed by atoms with Crippen molar-refractivity contribution in [2.24, 2.45) is 12.8 Å². The molecule has 0 amide bonds. The second kappa shape index (κ2) is 5.14. The Morgan fingerprint density at radius 1 is 1.50 bits per heavy atom. The minimum absolute atomic E-state index is 0.255. The molecular weight excluding hydrogens is 235 g/mol. The first-order valence-electron chi connectivity index (χ1n) is 5.59. The van der Waals surface area contributed by atoms with Crippen LogP contribution in [0.1, 0.15) is 24.2 Å². The fraction of sp³-hybridized carbons (Fsp3) is 0.333. The number of aromatic nitrogens is 3. The molecule has 0 unspecified atom stereocenters. The number of hydrogen-bond acceptors (Lipinski definition) is 4. The van der Waals surface area contributed by atoms with Gasteiger partial charge in [-0.25, -0.2) is 4.39 Å². The van der Waals surface area contributed by atoms with Gasteiger partial charge in [0, 0.05) is 24.7 Å². The van der Waals surface area contributed by atoms with Crippen LogP contribution in [0.5, 0.6) is 5.75 Å². The summed E-state index contributed by atoms with van der Waals surface area (Å²) >= 11 is 0. The standard InChI is InChI=1S/C12H15FN4O/c1-8(14)11-4-3-10(5-12(11)13)18-7-9-6-17(2)16-15-9/h3-6,8H,7,14H2,1-2H3/t8-/m0/s1. The second-order valence-electron chi connectivity index (χ2n) is 4.14. The largest absolute Gasteiger partial charge is 0.487 e. The van der Waals surface area contributed by atoms with Gasteiger partial charge in [-0.2, -0.15) is 0 Å². The van der Waals surface area contributed by atoms with Gasteiger partial charge in [0.1, 0.15) is 23.9 Å². The molecule has 0 fully saturated rings. The highest BCUT2D eigenvalue weighted by Gasteiger charge is 2.08. The molecule has 0 aliphatic rings. The minimum Gasteiger partial charge on any atom is -0.487 e. The third-order valence-electron chi connectivity index (χ3n) is 2.50. The number of nitrogens with zero attached hydrogens (tertiary/aromatic N) is 3. The van der Waals surface area contributed by atoms with Crippen molar-refractivity contribution in [3.8, 4) is 5.75 Å². The molecule has 1 aromatic carbocycles. The van der Waals surface area contributed by atoms with Crippen molar-refractivity contribution in [2.45, 2.75) is 19.6 Å². The van der Waals surface area contributed by atoms with Crippen molar-refractivity contribution >= 4 is 0 Å². The molecule has 1 heterocycles. The molecule has 5 nitrogen and oxygen atoms in total. The first-order valence-corrected chi connectivity index (χ1v) is 5.59. The van der Waals surface area contributed by atoms with E-state index in [1.54, 1.807) is 37.0 Å². The second-order valence-corrected chi connectivity index (χ2v) is 4.14. The van der Waals surface area contributed by atoms with Crippen molar-refractivity contribution < 1.29 is 9.13 Å². The lowest BCUT2D eigenvalue weighted by molar-refractivity contribution is 0.299.